The van der Waals surface area contributed by atoms with Crippen LogP contribution in [-0.4, -0.2) is 50.6 Å². The fourth-order valence-electron chi connectivity index (χ4n) is 3.32. The van der Waals surface area contributed by atoms with Crippen molar-refractivity contribution in [2.24, 2.45) is 5.73 Å². The summed E-state index contributed by atoms with van der Waals surface area (Å²) >= 11 is 0. The molecular weight excluding hydrogens is 292 g/mol. The van der Waals surface area contributed by atoms with Gasteiger partial charge in [-0.1, -0.05) is 0 Å². The van der Waals surface area contributed by atoms with Gasteiger partial charge in [0.15, 0.2) is 5.65 Å². The zero-order valence-electron chi connectivity index (χ0n) is 13.9. The number of fused-ring (bicyclic) bond motifs is 1. The van der Waals surface area contributed by atoms with Gasteiger partial charge in [-0.3, -0.25) is 9.69 Å². The van der Waals surface area contributed by atoms with Crippen molar-refractivity contribution < 1.29 is 4.79 Å². The summed E-state index contributed by atoms with van der Waals surface area (Å²) in [6.07, 6.45) is 2.53. The van der Waals surface area contributed by atoms with Crippen LogP contribution in [0.5, 0.6) is 0 Å². The number of likely N-dealkylation sites (tertiary alicyclic amines) is 1. The number of aryl methyl sites for hydroxylation is 2. The molecule has 0 radical (unpaired) electrons. The number of carbonyl (C=O) groups excluding carboxylic acids is 1. The van der Waals surface area contributed by atoms with Gasteiger partial charge in [0.2, 0.25) is 5.91 Å². The monoisotopic (exact) mass is 316 g/mol. The van der Waals surface area contributed by atoms with Crippen molar-refractivity contribution in [1.29, 1.82) is 0 Å². The molecule has 2 aromatic rings. The molecule has 3 rings (SSSR count). The molecule has 23 heavy (non-hydrogen) atoms. The van der Waals surface area contributed by atoms with Gasteiger partial charge >= 0.3 is 0 Å². The Hall–Kier alpha value is -1.99. The van der Waals surface area contributed by atoms with Crippen LogP contribution in [0.4, 0.5) is 0 Å². The molecule has 1 fully saturated rings. The maximum atomic E-state index is 12.3. The number of carbonyl (C=O) groups is 1. The van der Waals surface area contributed by atoms with Gasteiger partial charge in [0, 0.05) is 42.6 Å². The fourth-order valence-corrected chi connectivity index (χ4v) is 3.32. The first-order valence-electron chi connectivity index (χ1n) is 8.07. The van der Waals surface area contributed by atoms with Gasteiger partial charge in [0.1, 0.15) is 0 Å². The van der Waals surface area contributed by atoms with E-state index in [1.165, 1.54) is 0 Å². The molecule has 2 aromatic heterocycles. The van der Waals surface area contributed by atoms with Crippen LogP contribution in [0.15, 0.2) is 12.3 Å². The quantitative estimate of drug-likeness (QED) is 0.851. The maximum Gasteiger partial charge on any atom is 0.237 e. The zero-order chi connectivity index (χ0) is 16.6. The van der Waals surface area contributed by atoms with E-state index in [9.17, 15) is 4.79 Å². The summed E-state index contributed by atoms with van der Waals surface area (Å²) in [6.45, 7) is 7.90. The maximum absolute atomic E-state index is 12.3. The van der Waals surface area contributed by atoms with E-state index in [0.717, 1.165) is 22.6 Å². The average molecular weight is 316 g/mol. The molecule has 0 saturated carbocycles. The molecule has 0 bridgehead atoms. The smallest absolute Gasteiger partial charge is 0.237 e. The average Bonchev–Trinajstić information content (AvgIpc) is 3.04. The van der Waals surface area contributed by atoms with Crippen LogP contribution in [0, 0.1) is 13.8 Å². The van der Waals surface area contributed by atoms with Gasteiger partial charge < -0.3 is 11.1 Å². The molecule has 3 heterocycles. The van der Waals surface area contributed by atoms with Crippen molar-refractivity contribution >= 4 is 11.6 Å². The van der Waals surface area contributed by atoms with Crippen molar-refractivity contribution in [2.75, 3.05) is 13.1 Å². The highest BCUT2D eigenvalue weighted by Crippen LogP contribution is 2.22. The first kappa shape index (κ1) is 15.9. The summed E-state index contributed by atoms with van der Waals surface area (Å²) < 4.78 is 1.85. The highest BCUT2D eigenvalue weighted by atomic mass is 16.2. The van der Waals surface area contributed by atoms with Crippen molar-refractivity contribution in [3.05, 3.63) is 29.2 Å². The van der Waals surface area contributed by atoms with Crippen molar-refractivity contribution in [3.63, 3.8) is 0 Å². The number of hydrogen-bond acceptors (Lipinski definition) is 5. The number of nitrogens with two attached hydrogens (primary N) is 1. The van der Waals surface area contributed by atoms with Crippen molar-refractivity contribution in [2.45, 2.75) is 45.8 Å². The Morgan fingerprint density at radius 3 is 3.00 bits per heavy atom. The third kappa shape index (κ3) is 3.07. The van der Waals surface area contributed by atoms with Gasteiger partial charge in [0.25, 0.3) is 0 Å². The number of rotatable bonds is 4. The Labute approximate surface area is 135 Å². The molecule has 3 N–H and O–H groups in total. The van der Waals surface area contributed by atoms with E-state index in [1.54, 1.807) is 0 Å². The molecule has 124 valence electrons. The number of aromatic nitrogens is 3. The molecule has 0 spiro atoms. The third-order valence-corrected chi connectivity index (χ3v) is 4.31. The van der Waals surface area contributed by atoms with Gasteiger partial charge in [-0.2, -0.15) is 5.10 Å². The van der Waals surface area contributed by atoms with Crippen LogP contribution >= 0.6 is 0 Å². The lowest BCUT2D eigenvalue weighted by atomic mass is 10.1. The van der Waals surface area contributed by atoms with E-state index in [-0.39, 0.29) is 18.0 Å². The van der Waals surface area contributed by atoms with E-state index in [0.29, 0.717) is 26.1 Å². The second-order valence-corrected chi connectivity index (χ2v) is 6.28. The minimum atomic E-state index is -0.175. The third-order valence-electron chi connectivity index (χ3n) is 4.31. The van der Waals surface area contributed by atoms with Crippen molar-refractivity contribution in [1.82, 2.24) is 24.8 Å². The fraction of sp³-hybridized carbons (Fsp3) is 0.562. The zero-order valence-corrected chi connectivity index (χ0v) is 13.9. The van der Waals surface area contributed by atoms with E-state index >= 15 is 0 Å². The minimum absolute atomic E-state index is 0.0286. The molecule has 1 aliphatic heterocycles. The summed E-state index contributed by atoms with van der Waals surface area (Å²) in [5, 5.41) is 7.32. The Morgan fingerprint density at radius 2 is 2.26 bits per heavy atom. The van der Waals surface area contributed by atoms with E-state index in [2.05, 4.69) is 20.3 Å². The van der Waals surface area contributed by atoms with Crippen LogP contribution in [0.1, 0.15) is 30.3 Å². The predicted octanol–water partition coefficient (Wildman–Crippen LogP) is 0.384. The first-order chi connectivity index (χ1) is 11.0. The SMILES string of the molecule is CCNC(=O)[C@@H]1C[C@@H](N)CN1Cc1cnn2c(C)cc(C)nc12. The number of hydrogen-bond donors (Lipinski definition) is 2. The Balaban J connectivity index is 1.87. The van der Waals surface area contributed by atoms with Crippen LogP contribution in [0.2, 0.25) is 0 Å². The van der Waals surface area contributed by atoms with Gasteiger partial charge in [-0.05, 0) is 33.3 Å². The molecule has 7 heteroatoms. The lowest BCUT2D eigenvalue weighted by Crippen LogP contribution is -2.42. The molecule has 2 atom stereocenters. The van der Waals surface area contributed by atoms with Gasteiger partial charge in [0.05, 0.1) is 12.2 Å². The number of nitrogens with one attached hydrogen (secondary N) is 1. The molecule has 1 amide bonds. The van der Waals surface area contributed by atoms with E-state index < -0.39 is 0 Å². The summed E-state index contributed by atoms with van der Waals surface area (Å²) in [4.78, 5) is 19.0. The van der Waals surface area contributed by atoms with Crippen LogP contribution in [0.25, 0.3) is 5.65 Å². The Kier molecular flexibility index (Phi) is 4.32. The molecular formula is C16H24N6O. The van der Waals surface area contributed by atoms with Crippen molar-refractivity contribution in [3.8, 4) is 0 Å². The van der Waals surface area contributed by atoms with Crippen LogP contribution in [0.3, 0.4) is 0 Å². The standard InChI is InChI=1S/C16H24N6O/c1-4-18-16(23)14-6-13(17)9-21(14)8-12-7-19-22-11(3)5-10(2)20-15(12)22/h5,7,13-14H,4,6,8-9,17H2,1-3H3,(H,18,23)/t13-,14+/m1/s1. The van der Waals surface area contributed by atoms with Gasteiger partial charge in [-0.25, -0.2) is 9.50 Å². The highest BCUT2D eigenvalue weighted by molar-refractivity contribution is 5.82. The Bertz CT molecular complexity index is 725. The summed E-state index contributed by atoms with van der Waals surface area (Å²) in [7, 11) is 0. The lowest BCUT2D eigenvalue weighted by molar-refractivity contribution is -0.125. The molecule has 0 unspecified atom stereocenters. The second-order valence-electron chi connectivity index (χ2n) is 6.28. The topological polar surface area (TPSA) is 88.5 Å². The van der Waals surface area contributed by atoms with Crippen LogP contribution < -0.4 is 11.1 Å². The molecule has 0 aliphatic carbocycles. The van der Waals surface area contributed by atoms with Gasteiger partial charge in [-0.15, -0.1) is 0 Å². The Morgan fingerprint density at radius 1 is 1.48 bits per heavy atom. The largest absolute Gasteiger partial charge is 0.355 e. The molecule has 1 aliphatic rings. The predicted molar refractivity (Wildman–Crippen MR) is 87.9 cm³/mol. The summed E-state index contributed by atoms with van der Waals surface area (Å²) in [5.74, 6) is 0.0530. The molecule has 7 nitrogen and oxygen atoms in total. The second kappa shape index (κ2) is 6.25. The summed E-state index contributed by atoms with van der Waals surface area (Å²) in [5.41, 5.74) is 9.99. The molecule has 0 aromatic carbocycles. The number of amides is 1. The van der Waals surface area contributed by atoms with E-state index in [1.807, 2.05) is 37.5 Å². The summed E-state index contributed by atoms with van der Waals surface area (Å²) in [6, 6.07) is 1.86. The minimum Gasteiger partial charge on any atom is -0.355 e. The number of likely N-dealkylation sites (N-methyl/N-ethyl adjacent to an activating group) is 1. The van der Waals surface area contributed by atoms with E-state index in [4.69, 9.17) is 5.73 Å². The first-order valence-corrected chi connectivity index (χ1v) is 8.07. The van der Waals surface area contributed by atoms with Crippen LogP contribution in [-0.2, 0) is 11.3 Å². The normalized spacial score (nSPS) is 21.9. The highest BCUT2D eigenvalue weighted by Gasteiger charge is 2.35. The molecule has 1 saturated heterocycles. The lowest BCUT2D eigenvalue weighted by Gasteiger charge is -2.22. The number of nitrogens with zero attached hydrogens (tertiary/aromatic N) is 4.